The SMILES string of the molecule is COc1nc(N)nc(N(C)CCc2ccncc2)n1. The van der Waals surface area contributed by atoms with Crippen LogP contribution < -0.4 is 15.4 Å². The first kappa shape index (κ1) is 13.0. The third-order valence-electron chi connectivity index (χ3n) is 2.63. The maximum absolute atomic E-state index is 5.60. The smallest absolute Gasteiger partial charge is 0.322 e. The number of pyridine rings is 1. The zero-order valence-electron chi connectivity index (χ0n) is 10.9. The molecule has 0 amide bonds. The fourth-order valence-corrected chi connectivity index (χ4v) is 1.57. The van der Waals surface area contributed by atoms with Gasteiger partial charge in [0.2, 0.25) is 11.9 Å². The molecule has 0 bridgehead atoms. The fourth-order valence-electron chi connectivity index (χ4n) is 1.57. The van der Waals surface area contributed by atoms with Gasteiger partial charge in [-0.1, -0.05) is 0 Å². The summed E-state index contributed by atoms with van der Waals surface area (Å²) < 4.78 is 4.97. The van der Waals surface area contributed by atoms with Gasteiger partial charge in [0.1, 0.15) is 0 Å². The number of likely N-dealkylation sites (N-methyl/N-ethyl adjacent to an activating group) is 1. The van der Waals surface area contributed by atoms with Crippen LogP contribution in [0.2, 0.25) is 0 Å². The summed E-state index contributed by atoms with van der Waals surface area (Å²) in [5.74, 6) is 0.649. The zero-order chi connectivity index (χ0) is 13.7. The van der Waals surface area contributed by atoms with Gasteiger partial charge in [0.25, 0.3) is 0 Å². The molecule has 0 saturated carbocycles. The van der Waals surface area contributed by atoms with Gasteiger partial charge < -0.3 is 15.4 Å². The lowest BCUT2D eigenvalue weighted by Gasteiger charge is -2.17. The molecular formula is C12H16N6O. The Balaban J connectivity index is 2.03. The van der Waals surface area contributed by atoms with Gasteiger partial charge in [0.15, 0.2) is 0 Å². The molecule has 0 atom stereocenters. The summed E-state index contributed by atoms with van der Waals surface area (Å²) in [6.07, 6.45) is 4.42. The Morgan fingerprint density at radius 2 is 1.95 bits per heavy atom. The molecule has 2 N–H and O–H groups in total. The molecular weight excluding hydrogens is 244 g/mol. The van der Waals surface area contributed by atoms with Gasteiger partial charge in [-0.05, 0) is 24.1 Å². The molecule has 7 nitrogen and oxygen atoms in total. The number of nitrogens with zero attached hydrogens (tertiary/aromatic N) is 5. The highest BCUT2D eigenvalue weighted by Gasteiger charge is 2.09. The van der Waals surface area contributed by atoms with E-state index in [4.69, 9.17) is 10.5 Å². The number of nitrogens with two attached hydrogens (primary N) is 1. The molecule has 0 saturated heterocycles. The highest BCUT2D eigenvalue weighted by molar-refractivity contribution is 5.35. The van der Waals surface area contributed by atoms with Gasteiger partial charge in [0.05, 0.1) is 7.11 Å². The van der Waals surface area contributed by atoms with E-state index in [-0.39, 0.29) is 12.0 Å². The lowest BCUT2D eigenvalue weighted by molar-refractivity contribution is 0.379. The number of ether oxygens (including phenoxy) is 1. The second kappa shape index (κ2) is 5.94. The largest absolute Gasteiger partial charge is 0.467 e. The summed E-state index contributed by atoms with van der Waals surface area (Å²) >= 11 is 0. The number of methoxy groups -OCH3 is 1. The first-order valence-electron chi connectivity index (χ1n) is 5.84. The second-order valence-electron chi connectivity index (χ2n) is 4.01. The van der Waals surface area contributed by atoms with Crippen LogP contribution in [-0.4, -0.2) is 40.6 Å². The third kappa shape index (κ3) is 3.51. The number of nitrogen functional groups attached to an aromatic ring is 1. The summed E-state index contributed by atoms with van der Waals surface area (Å²) in [5, 5.41) is 0. The molecule has 19 heavy (non-hydrogen) atoms. The molecule has 0 unspecified atom stereocenters. The number of hydrogen-bond donors (Lipinski definition) is 1. The normalized spacial score (nSPS) is 10.2. The molecule has 0 aliphatic carbocycles. The maximum Gasteiger partial charge on any atom is 0.322 e. The van der Waals surface area contributed by atoms with Crippen LogP contribution in [0.4, 0.5) is 11.9 Å². The topological polar surface area (TPSA) is 90.0 Å². The van der Waals surface area contributed by atoms with Crippen molar-refractivity contribution >= 4 is 11.9 Å². The highest BCUT2D eigenvalue weighted by Crippen LogP contribution is 2.12. The number of hydrogen-bond acceptors (Lipinski definition) is 7. The Morgan fingerprint density at radius 1 is 1.21 bits per heavy atom. The summed E-state index contributed by atoms with van der Waals surface area (Å²) in [4.78, 5) is 18.0. The Bertz CT molecular complexity index is 533. The van der Waals surface area contributed by atoms with E-state index in [0.717, 1.165) is 13.0 Å². The predicted molar refractivity (Wildman–Crippen MR) is 72.0 cm³/mol. The minimum atomic E-state index is 0.151. The first-order valence-corrected chi connectivity index (χ1v) is 5.84. The van der Waals surface area contributed by atoms with Crippen LogP contribution in [0, 0.1) is 0 Å². The molecule has 2 rings (SSSR count). The van der Waals surface area contributed by atoms with Gasteiger partial charge in [-0.2, -0.15) is 15.0 Å². The van der Waals surface area contributed by atoms with E-state index in [0.29, 0.717) is 5.95 Å². The molecule has 0 aromatic carbocycles. The van der Waals surface area contributed by atoms with Gasteiger partial charge in [0, 0.05) is 26.0 Å². The molecule has 0 fully saturated rings. The van der Waals surface area contributed by atoms with Crippen LogP contribution >= 0.6 is 0 Å². The van der Waals surface area contributed by atoms with Crippen LogP contribution in [-0.2, 0) is 6.42 Å². The standard InChI is InChI=1S/C12H16N6O/c1-18(8-5-9-3-6-14-7-4-9)11-15-10(13)16-12(17-11)19-2/h3-4,6-7H,5,8H2,1-2H3,(H2,13,15,16,17). The van der Waals surface area contributed by atoms with Gasteiger partial charge in [-0.15, -0.1) is 0 Å². The van der Waals surface area contributed by atoms with Crippen LogP contribution in [0.3, 0.4) is 0 Å². The van der Waals surface area contributed by atoms with Crippen LogP contribution in [0.1, 0.15) is 5.56 Å². The summed E-state index contributed by atoms with van der Waals surface area (Å²) in [6, 6.07) is 4.19. The van der Waals surface area contributed by atoms with Crippen molar-refractivity contribution in [2.75, 3.05) is 31.3 Å². The summed E-state index contributed by atoms with van der Waals surface area (Å²) in [7, 11) is 3.39. The number of aromatic nitrogens is 4. The van der Waals surface area contributed by atoms with Crippen molar-refractivity contribution < 1.29 is 4.74 Å². The van der Waals surface area contributed by atoms with E-state index in [1.165, 1.54) is 12.7 Å². The third-order valence-corrected chi connectivity index (χ3v) is 2.63. The Kier molecular flexibility index (Phi) is 4.07. The average Bonchev–Trinajstić information content (AvgIpc) is 2.45. The number of rotatable bonds is 5. The molecule has 100 valence electrons. The van der Waals surface area contributed by atoms with E-state index in [1.807, 2.05) is 24.1 Å². The van der Waals surface area contributed by atoms with E-state index < -0.39 is 0 Å². The maximum atomic E-state index is 5.60. The predicted octanol–water partition coefficient (Wildman–Crippen LogP) is 0.536. The van der Waals surface area contributed by atoms with E-state index in [1.54, 1.807) is 12.4 Å². The van der Waals surface area contributed by atoms with Crippen molar-refractivity contribution in [2.45, 2.75) is 6.42 Å². The molecule has 2 aromatic heterocycles. The molecule has 0 aliphatic heterocycles. The van der Waals surface area contributed by atoms with Crippen LogP contribution in [0.15, 0.2) is 24.5 Å². The molecule has 0 aliphatic rings. The number of anilines is 2. The average molecular weight is 260 g/mol. The summed E-state index contributed by atoms with van der Waals surface area (Å²) in [6.45, 7) is 0.761. The van der Waals surface area contributed by atoms with Crippen LogP contribution in [0.25, 0.3) is 0 Å². The molecule has 2 heterocycles. The van der Waals surface area contributed by atoms with Crippen molar-refractivity contribution in [1.82, 2.24) is 19.9 Å². The minimum absolute atomic E-state index is 0.151. The quantitative estimate of drug-likeness (QED) is 0.838. The van der Waals surface area contributed by atoms with Gasteiger partial charge in [-0.3, -0.25) is 4.98 Å². The first-order chi connectivity index (χ1) is 9.19. The second-order valence-corrected chi connectivity index (χ2v) is 4.01. The van der Waals surface area contributed by atoms with Crippen molar-refractivity contribution in [3.05, 3.63) is 30.1 Å². The molecule has 2 aromatic rings. The molecule has 0 radical (unpaired) electrons. The van der Waals surface area contributed by atoms with E-state index in [2.05, 4.69) is 19.9 Å². The Hall–Kier alpha value is -2.44. The van der Waals surface area contributed by atoms with Crippen molar-refractivity contribution in [3.63, 3.8) is 0 Å². The van der Waals surface area contributed by atoms with Crippen molar-refractivity contribution in [1.29, 1.82) is 0 Å². The lowest BCUT2D eigenvalue weighted by atomic mass is 10.2. The van der Waals surface area contributed by atoms with E-state index in [9.17, 15) is 0 Å². The van der Waals surface area contributed by atoms with Crippen LogP contribution in [0.5, 0.6) is 6.01 Å². The lowest BCUT2D eigenvalue weighted by Crippen LogP contribution is -2.23. The van der Waals surface area contributed by atoms with Gasteiger partial charge >= 0.3 is 6.01 Å². The molecule has 0 spiro atoms. The van der Waals surface area contributed by atoms with Gasteiger partial charge in [-0.25, -0.2) is 0 Å². The monoisotopic (exact) mass is 260 g/mol. The minimum Gasteiger partial charge on any atom is -0.467 e. The van der Waals surface area contributed by atoms with Crippen molar-refractivity contribution in [2.24, 2.45) is 0 Å². The molecule has 7 heteroatoms. The van der Waals surface area contributed by atoms with E-state index >= 15 is 0 Å². The highest BCUT2D eigenvalue weighted by atomic mass is 16.5. The fraction of sp³-hybridized carbons (Fsp3) is 0.333. The Morgan fingerprint density at radius 3 is 2.63 bits per heavy atom. The Labute approximate surface area is 111 Å². The zero-order valence-corrected chi connectivity index (χ0v) is 10.9. The van der Waals surface area contributed by atoms with Crippen molar-refractivity contribution in [3.8, 4) is 6.01 Å². The summed E-state index contributed by atoms with van der Waals surface area (Å²) in [5.41, 5.74) is 6.81.